The number of carbonyl (C=O) groups is 2. The zero-order chi connectivity index (χ0) is 14.1. The number of urea groups is 1. The highest BCUT2D eigenvalue weighted by Crippen LogP contribution is 2.04. The Morgan fingerprint density at radius 1 is 1.42 bits per heavy atom. The zero-order valence-electron chi connectivity index (χ0n) is 10.9. The Labute approximate surface area is 112 Å². The molecule has 0 saturated heterocycles. The second-order valence-electron chi connectivity index (χ2n) is 4.35. The number of nitrogens with one attached hydrogen (secondary N) is 2. The average molecular weight is 265 g/mol. The number of hydrogen-bond donors (Lipinski definition) is 3. The van der Waals surface area contributed by atoms with E-state index in [4.69, 9.17) is 5.11 Å². The largest absolute Gasteiger partial charge is 0.481 e. The number of rotatable bonds is 7. The van der Waals surface area contributed by atoms with Crippen molar-refractivity contribution in [1.82, 2.24) is 15.6 Å². The third-order valence-corrected chi connectivity index (χ3v) is 2.70. The highest BCUT2D eigenvalue weighted by molar-refractivity contribution is 5.73. The number of carbonyl (C=O) groups excluding carboxylic acids is 1. The van der Waals surface area contributed by atoms with Crippen LogP contribution in [0.4, 0.5) is 4.79 Å². The Morgan fingerprint density at radius 3 is 2.84 bits per heavy atom. The van der Waals surface area contributed by atoms with Crippen LogP contribution in [0.15, 0.2) is 24.5 Å². The maximum absolute atomic E-state index is 11.4. The van der Waals surface area contributed by atoms with Gasteiger partial charge in [-0.15, -0.1) is 0 Å². The standard InChI is InChI=1S/C13H19N3O3/c1-10(12(17)18)4-2-7-15-13(19)16-9-11-5-3-6-14-8-11/h3,5-6,8,10H,2,4,7,9H2,1H3,(H,17,18)(H2,15,16,19). The van der Waals surface area contributed by atoms with Crippen LogP contribution < -0.4 is 10.6 Å². The topological polar surface area (TPSA) is 91.3 Å². The molecular weight excluding hydrogens is 246 g/mol. The molecule has 6 nitrogen and oxygen atoms in total. The summed E-state index contributed by atoms with van der Waals surface area (Å²) in [6.45, 7) is 2.55. The molecule has 1 atom stereocenters. The lowest BCUT2D eigenvalue weighted by Crippen LogP contribution is -2.35. The van der Waals surface area contributed by atoms with E-state index in [1.807, 2.05) is 12.1 Å². The van der Waals surface area contributed by atoms with Gasteiger partial charge in [-0.3, -0.25) is 9.78 Å². The fraction of sp³-hybridized carbons (Fsp3) is 0.462. The van der Waals surface area contributed by atoms with Crippen LogP contribution >= 0.6 is 0 Å². The van der Waals surface area contributed by atoms with Crippen LogP contribution in [0.2, 0.25) is 0 Å². The first-order valence-corrected chi connectivity index (χ1v) is 6.23. The predicted octanol–water partition coefficient (Wildman–Crippen LogP) is 1.38. The van der Waals surface area contributed by atoms with Crippen molar-refractivity contribution in [2.24, 2.45) is 5.92 Å². The second-order valence-corrected chi connectivity index (χ2v) is 4.35. The first kappa shape index (κ1) is 14.9. The molecule has 0 saturated carbocycles. The Balaban J connectivity index is 2.10. The minimum absolute atomic E-state index is 0.258. The van der Waals surface area contributed by atoms with Crippen molar-refractivity contribution in [3.8, 4) is 0 Å². The van der Waals surface area contributed by atoms with E-state index in [1.54, 1.807) is 19.3 Å². The summed E-state index contributed by atoms with van der Waals surface area (Å²) in [7, 11) is 0. The molecule has 0 aromatic carbocycles. The van der Waals surface area contributed by atoms with E-state index < -0.39 is 5.97 Å². The molecule has 19 heavy (non-hydrogen) atoms. The van der Waals surface area contributed by atoms with E-state index in [2.05, 4.69) is 15.6 Å². The van der Waals surface area contributed by atoms with Gasteiger partial charge >= 0.3 is 12.0 Å². The molecular formula is C13H19N3O3. The summed E-state index contributed by atoms with van der Waals surface area (Å²) in [5.74, 6) is -1.18. The molecule has 1 aromatic rings. The van der Waals surface area contributed by atoms with E-state index in [0.717, 1.165) is 5.56 Å². The van der Waals surface area contributed by atoms with Crippen LogP contribution in [0.5, 0.6) is 0 Å². The molecule has 6 heteroatoms. The van der Waals surface area contributed by atoms with Crippen LogP contribution in [-0.2, 0) is 11.3 Å². The third-order valence-electron chi connectivity index (χ3n) is 2.70. The van der Waals surface area contributed by atoms with Gasteiger partial charge in [-0.1, -0.05) is 13.0 Å². The summed E-state index contributed by atoms with van der Waals surface area (Å²) < 4.78 is 0. The van der Waals surface area contributed by atoms with Gasteiger partial charge in [-0.05, 0) is 24.5 Å². The molecule has 1 heterocycles. The van der Waals surface area contributed by atoms with E-state index >= 15 is 0 Å². The lowest BCUT2D eigenvalue weighted by molar-refractivity contribution is -0.141. The van der Waals surface area contributed by atoms with Gasteiger partial charge in [0.2, 0.25) is 0 Å². The van der Waals surface area contributed by atoms with Gasteiger partial charge in [0.05, 0.1) is 5.92 Å². The number of carboxylic acid groups (broad SMARTS) is 1. The van der Waals surface area contributed by atoms with Crippen molar-refractivity contribution >= 4 is 12.0 Å². The quantitative estimate of drug-likeness (QED) is 0.649. The molecule has 104 valence electrons. The Kier molecular flexibility index (Phi) is 6.35. The molecule has 1 unspecified atom stereocenters. The SMILES string of the molecule is CC(CCCNC(=O)NCc1cccnc1)C(=O)O. The monoisotopic (exact) mass is 265 g/mol. The van der Waals surface area contributed by atoms with Gasteiger partial charge in [0.15, 0.2) is 0 Å². The van der Waals surface area contributed by atoms with E-state index in [-0.39, 0.29) is 11.9 Å². The summed E-state index contributed by atoms with van der Waals surface area (Å²) in [5, 5.41) is 14.1. The summed E-state index contributed by atoms with van der Waals surface area (Å²) >= 11 is 0. The number of pyridine rings is 1. The highest BCUT2D eigenvalue weighted by atomic mass is 16.4. The van der Waals surface area contributed by atoms with Crippen molar-refractivity contribution in [2.45, 2.75) is 26.3 Å². The molecule has 0 aliphatic carbocycles. The lowest BCUT2D eigenvalue weighted by Gasteiger charge is -2.08. The summed E-state index contributed by atoms with van der Waals surface area (Å²) in [6.07, 6.45) is 4.56. The Bertz CT molecular complexity index is 409. The Hall–Kier alpha value is -2.11. The number of nitrogens with zero attached hydrogens (tertiary/aromatic N) is 1. The average Bonchev–Trinajstić information content (AvgIpc) is 2.42. The van der Waals surface area contributed by atoms with E-state index in [1.165, 1.54) is 0 Å². The maximum atomic E-state index is 11.4. The third kappa shape index (κ3) is 6.40. The van der Waals surface area contributed by atoms with Gasteiger partial charge in [0, 0.05) is 25.5 Å². The first-order chi connectivity index (χ1) is 9.09. The van der Waals surface area contributed by atoms with Crippen LogP contribution in [0.25, 0.3) is 0 Å². The number of aliphatic carboxylic acids is 1. The molecule has 2 amide bonds. The molecule has 0 aliphatic heterocycles. The Morgan fingerprint density at radius 2 is 2.21 bits per heavy atom. The summed E-state index contributed by atoms with van der Waals surface area (Å²) in [4.78, 5) is 26.0. The number of hydrogen-bond acceptors (Lipinski definition) is 3. The molecule has 0 fully saturated rings. The fourth-order valence-electron chi connectivity index (χ4n) is 1.48. The molecule has 0 aliphatic rings. The summed E-state index contributed by atoms with van der Waals surface area (Å²) in [6, 6.07) is 3.43. The van der Waals surface area contributed by atoms with Crippen molar-refractivity contribution < 1.29 is 14.7 Å². The molecule has 3 N–H and O–H groups in total. The van der Waals surface area contributed by atoms with Gasteiger partial charge in [-0.2, -0.15) is 0 Å². The van der Waals surface area contributed by atoms with Gasteiger partial charge in [0.1, 0.15) is 0 Å². The number of aromatic nitrogens is 1. The van der Waals surface area contributed by atoms with Crippen molar-refractivity contribution in [1.29, 1.82) is 0 Å². The summed E-state index contributed by atoms with van der Waals surface area (Å²) in [5.41, 5.74) is 0.928. The van der Waals surface area contributed by atoms with Crippen LogP contribution in [0.1, 0.15) is 25.3 Å². The molecule has 0 radical (unpaired) electrons. The number of amides is 2. The van der Waals surface area contributed by atoms with Crippen molar-refractivity contribution in [3.05, 3.63) is 30.1 Å². The predicted molar refractivity (Wildman–Crippen MR) is 70.5 cm³/mol. The van der Waals surface area contributed by atoms with Crippen LogP contribution in [0, 0.1) is 5.92 Å². The van der Waals surface area contributed by atoms with Crippen LogP contribution in [-0.4, -0.2) is 28.6 Å². The van der Waals surface area contributed by atoms with Crippen LogP contribution in [0.3, 0.4) is 0 Å². The molecule has 0 bridgehead atoms. The van der Waals surface area contributed by atoms with Gasteiger partial charge < -0.3 is 15.7 Å². The number of carboxylic acids is 1. The molecule has 1 aromatic heterocycles. The lowest BCUT2D eigenvalue weighted by atomic mass is 10.1. The zero-order valence-corrected chi connectivity index (χ0v) is 10.9. The molecule has 1 rings (SSSR count). The highest BCUT2D eigenvalue weighted by Gasteiger charge is 2.09. The van der Waals surface area contributed by atoms with Crippen molar-refractivity contribution in [2.75, 3.05) is 6.54 Å². The smallest absolute Gasteiger partial charge is 0.315 e. The minimum atomic E-state index is -0.805. The minimum Gasteiger partial charge on any atom is -0.481 e. The van der Waals surface area contributed by atoms with E-state index in [0.29, 0.717) is 25.9 Å². The second kappa shape index (κ2) is 8.07. The van der Waals surface area contributed by atoms with Gasteiger partial charge in [-0.25, -0.2) is 4.79 Å². The molecule has 0 spiro atoms. The normalized spacial score (nSPS) is 11.6. The fourth-order valence-corrected chi connectivity index (χ4v) is 1.48. The maximum Gasteiger partial charge on any atom is 0.315 e. The van der Waals surface area contributed by atoms with E-state index in [9.17, 15) is 9.59 Å². The van der Waals surface area contributed by atoms with Crippen molar-refractivity contribution in [3.63, 3.8) is 0 Å². The van der Waals surface area contributed by atoms with Gasteiger partial charge in [0.25, 0.3) is 0 Å². The first-order valence-electron chi connectivity index (χ1n) is 6.23.